The molecule has 2 amide bonds. The van der Waals surface area contributed by atoms with E-state index in [1.54, 1.807) is 0 Å². The summed E-state index contributed by atoms with van der Waals surface area (Å²) < 4.78 is 11.1. The first-order valence-corrected chi connectivity index (χ1v) is 9.19. The van der Waals surface area contributed by atoms with Gasteiger partial charge in [0.25, 0.3) is 0 Å². The van der Waals surface area contributed by atoms with Crippen molar-refractivity contribution in [1.82, 2.24) is 15.6 Å². The molecular formula is C21H23N3O3. The maximum Gasteiger partial charge on any atom is 0.315 e. The predicted octanol–water partition coefficient (Wildman–Crippen LogP) is 3.54. The first-order chi connectivity index (χ1) is 13.2. The molecule has 0 radical (unpaired) electrons. The van der Waals surface area contributed by atoms with Gasteiger partial charge >= 0.3 is 6.03 Å². The highest BCUT2D eigenvalue weighted by atomic mass is 16.6. The number of benzene rings is 2. The molecule has 0 saturated carbocycles. The summed E-state index contributed by atoms with van der Waals surface area (Å²) in [7, 11) is 0. The monoisotopic (exact) mass is 365 g/mol. The maximum absolute atomic E-state index is 12.2. The number of fused-ring (bicyclic) bond motifs is 2. The Balaban J connectivity index is 1.30. The number of rotatable bonds is 5. The van der Waals surface area contributed by atoms with Gasteiger partial charge < -0.3 is 25.1 Å². The zero-order valence-corrected chi connectivity index (χ0v) is 15.2. The number of para-hydroxylation sites is 1. The van der Waals surface area contributed by atoms with E-state index in [4.69, 9.17) is 9.47 Å². The van der Waals surface area contributed by atoms with E-state index in [1.807, 2.05) is 49.5 Å². The molecule has 0 fully saturated rings. The molecule has 3 aromatic rings. The molecule has 3 N–H and O–H groups in total. The van der Waals surface area contributed by atoms with Crippen LogP contribution in [0.2, 0.25) is 0 Å². The number of aromatic amines is 1. The molecular weight excluding hydrogens is 342 g/mol. The minimum atomic E-state index is -0.183. The lowest BCUT2D eigenvalue weighted by atomic mass is 10.1. The number of carbonyl (C=O) groups excluding carboxylic acids is 1. The van der Waals surface area contributed by atoms with Gasteiger partial charge in [0, 0.05) is 23.6 Å². The van der Waals surface area contributed by atoms with Crippen molar-refractivity contribution in [2.75, 3.05) is 19.8 Å². The lowest BCUT2D eigenvalue weighted by Gasteiger charge is -2.21. The molecule has 1 aliphatic heterocycles. The van der Waals surface area contributed by atoms with Crippen molar-refractivity contribution in [3.63, 3.8) is 0 Å². The molecule has 2 heterocycles. The molecule has 27 heavy (non-hydrogen) atoms. The summed E-state index contributed by atoms with van der Waals surface area (Å²) in [6.45, 7) is 3.64. The summed E-state index contributed by atoms with van der Waals surface area (Å²) in [5.74, 6) is 1.48. The molecule has 140 valence electrons. The van der Waals surface area contributed by atoms with Gasteiger partial charge in [0.1, 0.15) is 13.2 Å². The second kappa shape index (κ2) is 7.61. The molecule has 2 aromatic carbocycles. The van der Waals surface area contributed by atoms with Crippen LogP contribution in [0.4, 0.5) is 4.79 Å². The third-order valence-electron chi connectivity index (χ3n) is 4.77. The highest BCUT2D eigenvalue weighted by Gasteiger charge is 2.15. The van der Waals surface area contributed by atoms with Crippen molar-refractivity contribution in [2.24, 2.45) is 0 Å². The van der Waals surface area contributed by atoms with Crippen LogP contribution in [0.3, 0.4) is 0 Å². The molecule has 6 nitrogen and oxygen atoms in total. The Morgan fingerprint density at radius 3 is 2.85 bits per heavy atom. The van der Waals surface area contributed by atoms with Gasteiger partial charge in [-0.3, -0.25) is 0 Å². The number of ether oxygens (including phenoxy) is 2. The van der Waals surface area contributed by atoms with Gasteiger partial charge in [0.15, 0.2) is 11.5 Å². The first kappa shape index (κ1) is 17.3. The van der Waals surface area contributed by atoms with Crippen LogP contribution < -0.4 is 20.1 Å². The van der Waals surface area contributed by atoms with E-state index in [0.29, 0.717) is 19.8 Å². The SMILES string of the molecule is CC(NC(=O)NCCc1c[nH]c2ccccc12)c1ccc2c(c1)OCCO2. The summed E-state index contributed by atoms with van der Waals surface area (Å²) >= 11 is 0. The maximum atomic E-state index is 12.2. The Morgan fingerprint density at radius 2 is 1.96 bits per heavy atom. The lowest BCUT2D eigenvalue weighted by Crippen LogP contribution is -2.38. The van der Waals surface area contributed by atoms with E-state index < -0.39 is 0 Å². The molecule has 1 unspecified atom stereocenters. The third-order valence-corrected chi connectivity index (χ3v) is 4.77. The molecule has 4 rings (SSSR count). The molecule has 6 heteroatoms. The minimum Gasteiger partial charge on any atom is -0.486 e. The van der Waals surface area contributed by atoms with Crippen LogP contribution in [0.5, 0.6) is 11.5 Å². The summed E-state index contributed by atoms with van der Waals surface area (Å²) in [5.41, 5.74) is 3.29. The number of nitrogens with one attached hydrogen (secondary N) is 3. The van der Waals surface area contributed by atoms with Gasteiger partial charge in [-0.25, -0.2) is 4.79 Å². The Bertz CT molecular complexity index is 951. The molecule has 0 spiro atoms. The second-order valence-electron chi connectivity index (χ2n) is 6.63. The number of urea groups is 1. The fourth-order valence-electron chi connectivity index (χ4n) is 3.31. The van der Waals surface area contributed by atoms with Crippen molar-refractivity contribution >= 4 is 16.9 Å². The quantitative estimate of drug-likeness (QED) is 0.647. The minimum absolute atomic E-state index is 0.131. The van der Waals surface area contributed by atoms with Gasteiger partial charge in [-0.1, -0.05) is 24.3 Å². The van der Waals surface area contributed by atoms with Gasteiger partial charge in [0.05, 0.1) is 6.04 Å². The first-order valence-electron chi connectivity index (χ1n) is 9.19. The van der Waals surface area contributed by atoms with Crippen molar-refractivity contribution < 1.29 is 14.3 Å². The molecule has 0 aliphatic carbocycles. The Labute approximate surface area is 157 Å². The predicted molar refractivity (Wildman–Crippen MR) is 104 cm³/mol. The number of hydrogen-bond acceptors (Lipinski definition) is 3. The van der Waals surface area contributed by atoms with Gasteiger partial charge in [-0.15, -0.1) is 0 Å². The van der Waals surface area contributed by atoms with E-state index in [0.717, 1.165) is 29.0 Å². The van der Waals surface area contributed by atoms with Crippen LogP contribution in [0.25, 0.3) is 10.9 Å². The van der Waals surface area contributed by atoms with Crippen LogP contribution in [0.15, 0.2) is 48.7 Å². The topological polar surface area (TPSA) is 75.4 Å². The number of amides is 2. The van der Waals surface area contributed by atoms with Crippen molar-refractivity contribution in [3.8, 4) is 11.5 Å². The highest BCUT2D eigenvalue weighted by molar-refractivity contribution is 5.83. The fourth-order valence-corrected chi connectivity index (χ4v) is 3.31. The normalized spacial score (nSPS) is 14.0. The molecule has 1 aliphatic rings. The van der Waals surface area contributed by atoms with E-state index in [2.05, 4.69) is 21.7 Å². The van der Waals surface area contributed by atoms with E-state index in [1.165, 1.54) is 10.9 Å². The number of H-pyrrole nitrogens is 1. The Morgan fingerprint density at radius 1 is 1.15 bits per heavy atom. The summed E-state index contributed by atoms with van der Waals surface area (Å²) in [5, 5.41) is 7.09. The summed E-state index contributed by atoms with van der Waals surface area (Å²) in [6.07, 6.45) is 2.78. The summed E-state index contributed by atoms with van der Waals surface area (Å²) in [6, 6.07) is 13.6. The largest absolute Gasteiger partial charge is 0.486 e. The van der Waals surface area contributed by atoms with E-state index in [9.17, 15) is 4.79 Å². The number of aromatic nitrogens is 1. The standard InChI is InChI=1S/C21H23N3O3/c1-14(15-6-7-19-20(12-15)27-11-10-26-19)24-21(25)22-9-8-16-13-23-18-5-3-2-4-17(16)18/h2-7,12-14,23H,8-11H2,1H3,(H2,22,24,25). The molecule has 1 aromatic heterocycles. The molecule has 0 bridgehead atoms. The smallest absolute Gasteiger partial charge is 0.315 e. The van der Waals surface area contributed by atoms with Crippen molar-refractivity contribution in [2.45, 2.75) is 19.4 Å². The second-order valence-corrected chi connectivity index (χ2v) is 6.63. The zero-order valence-electron chi connectivity index (χ0n) is 15.2. The zero-order chi connectivity index (χ0) is 18.6. The lowest BCUT2D eigenvalue weighted by molar-refractivity contribution is 0.171. The van der Waals surface area contributed by atoms with Crippen LogP contribution >= 0.6 is 0 Å². The molecule has 0 saturated heterocycles. The molecule has 1 atom stereocenters. The van der Waals surface area contributed by atoms with Crippen LogP contribution in [-0.4, -0.2) is 30.8 Å². The number of carbonyl (C=O) groups is 1. The van der Waals surface area contributed by atoms with Crippen molar-refractivity contribution in [3.05, 3.63) is 59.8 Å². The van der Waals surface area contributed by atoms with Crippen LogP contribution in [0.1, 0.15) is 24.1 Å². The third kappa shape index (κ3) is 3.84. The van der Waals surface area contributed by atoms with E-state index in [-0.39, 0.29) is 12.1 Å². The average Bonchev–Trinajstić information content (AvgIpc) is 3.11. The number of hydrogen-bond donors (Lipinski definition) is 3. The Hall–Kier alpha value is -3.15. The Kier molecular flexibility index (Phi) is 4.87. The average molecular weight is 365 g/mol. The van der Waals surface area contributed by atoms with Gasteiger partial charge in [-0.2, -0.15) is 0 Å². The van der Waals surface area contributed by atoms with Crippen molar-refractivity contribution in [1.29, 1.82) is 0 Å². The summed E-state index contributed by atoms with van der Waals surface area (Å²) in [4.78, 5) is 15.5. The van der Waals surface area contributed by atoms with Crippen LogP contribution in [-0.2, 0) is 6.42 Å². The van der Waals surface area contributed by atoms with Crippen LogP contribution in [0, 0.1) is 0 Å². The fraction of sp³-hybridized carbons (Fsp3) is 0.286. The van der Waals surface area contributed by atoms with Gasteiger partial charge in [0.2, 0.25) is 0 Å². The van der Waals surface area contributed by atoms with Gasteiger partial charge in [-0.05, 0) is 42.7 Å². The highest BCUT2D eigenvalue weighted by Crippen LogP contribution is 2.32. The van der Waals surface area contributed by atoms with E-state index >= 15 is 0 Å².